The molecule has 0 spiro atoms. The monoisotopic (exact) mass is 173 g/mol. The maximum atomic E-state index is 10.8. The third kappa shape index (κ3) is 7.05. The van der Waals surface area contributed by atoms with E-state index in [9.17, 15) is 9.59 Å². The molecule has 0 fully saturated rings. The lowest BCUT2D eigenvalue weighted by molar-refractivity contribution is -0.141. The van der Waals surface area contributed by atoms with Crippen molar-refractivity contribution in [2.24, 2.45) is 0 Å². The summed E-state index contributed by atoms with van der Waals surface area (Å²) in [5, 5.41) is 2.62. The van der Waals surface area contributed by atoms with Crippen molar-refractivity contribution in [1.82, 2.24) is 5.32 Å². The molecule has 0 aliphatic heterocycles. The SMILES string of the molecule is CCCC(=O)NCCOC(C)=O. The van der Waals surface area contributed by atoms with Gasteiger partial charge in [-0.25, -0.2) is 0 Å². The van der Waals surface area contributed by atoms with E-state index >= 15 is 0 Å². The zero-order chi connectivity index (χ0) is 9.40. The van der Waals surface area contributed by atoms with Crippen LogP contribution in [0.25, 0.3) is 0 Å². The first-order chi connectivity index (χ1) is 5.66. The van der Waals surface area contributed by atoms with E-state index in [4.69, 9.17) is 0 Å². The van der Waals surface area contributed by atoms with Crippen molar-refractivity contribution in [1.29, 1.82) is 0 Å². The normalized spacial score (nSPS) is 9.17. The van der Waals surface area contributed by atoms with Crippen molar-refractivity contribution in [2.75, 3.05) is 13.2 Å². The molecule has 0 radical (unpaired) electrons. The molecule has 0 unspecified atom stereocenters. The number of esters is 1. The first-order valence-corrected chi connectivity index (χ1v) is 4.07. The van der Waals surface area contributed by atoms with Gasteiger partial charge in [-0.1, -0.05) is 6.92 Å². The summed E-state index contributed by atoms with van der Waals surface area (Å²) in [6.07, 6.45) is 1.36. The van der Waals surface area contributed by atoms with E-state index in [2.05, 4.69) is 10.1 Å². The second kappa shape index (κ2) is 6.64. The van der Waals surface area contributed by atoms with Crippen LogP contribution in [0.2, 0.25) is 0 Å². The molecule has 0 atom stereocenters. The van der Waals surface area contributed by atoms with Crippen LogP contribution < -0.4 is 5.32 Å². The van der Waals surface area contributed by atoms with E-state index < -0.39 is 0 Å². The Kier molecular flexibility index (Phi) is 6.05. The number of rotatable bonds is 5. The number of hydrogen-bond donors (Lipinski definition) is 1. The lowest BCUT2D eigenvalue weighted by Crippen LogP contribution is -2.27. The van der Waals surface area contributed by atoms with E-state index in [1.807, 2.05) is 6.92 Å². The molecule has 0 aromatic rings. The number of carbonyl (C=O) groups is 2. The van der Waals surface area contributed by atoms with E-state index in [-0.39, 0.29) is 18.5 Å². The van der Waals surface area contributed by atoms with Crippen LogP contribution in [0.4, 0.5) is 0 Å². The molecule has 0 saturated heterocycles. The molecule has 0 aliphatic carbocycles. The molecule has 1 amide bonds. The van der Waals surface area contributed by atoms with Crippen LogP contribution in [-0.2, 0) is 14.3 Å². The average molecular weight is 173 g/mol. The predicted molar refractivity (Wildman–Crippen MR) is 44.6 cm³/mol. The van der Waals surface area contributed by atoms with Crippen LogP contribution in [0, 0.1) is 0 Å². The fraction of sp³-hybridized carbons (Fsp3) is 0.750. The Morgan fingerprint density at radius 2 is 2.08 bits per heavy atom. The van der Waals surface area contributed by atoms with Gasteiger partial charge in [-0.3, -0.25) is 9.59 Å². The number of nitrogens with one attached hydrogen (secondary N) is 1. The quantitative estimate of drug-likeness (QED) is 0.485. The lowest BCUT2D eigenvalue weighted by atomic mass is 10.3. The van der Waals surface area contributed by atoms with Gasteiger partial charge in [0.15, 0.2) is 0 Å². The van der Waals surface area contributed by atoms with Gasteiger partial charge in [-0.2, -0.15) is 0 Å². The summed E-state index contributed by atoms with van der Waals surface area (Å²) in [6, 6.07) is 0. The van der Waals surface area contributed by atoms with Crippen molar-refractivity contribution in [3.8, 4) is 0 Å². The minimum Gasteiger partial charge on any atom is -0.464 e. The second-order valence-electron chi connectivity index (χ2n) is 2.44. The summed E-state index contributed by atoms with van der Waals surface area (Å²) in [5.74, 6) is -0.315. The van der Waals surface area contributed by atoms with Crippen molar-refractivity contribution in [3.63, 3.8) is 0 Å². The van der Waals surface area contributed by atoms with Crippen LogP contribution in [0.1, 0.15) is 26.7 Å². The highest BCUT2D eigenvalue weighted by atomic mass is 16.5. The highest BCUT2D eigenvalue weighted by molar-refractivity contribution is 5.75. The molecule has 0 aromatic carbocycles. The molecule has 4 nitrogen and oxygen atoms in total. The lowest BCUT2D eigenvalue weighted by Gasteiger charge is -2.03. The number of carbonyl (C=O) groups excluding carboxylic acids is 2. The van der Waals surface area contributed by atoms with Crippen molar-refractivity contribution >= 4 is 11.9 Å². The molecular formula is C8H15NO3. The Balaban J connectivity index is 3.19. The Morgan fingerprint density at radius 1 is 1.42 bits per heavy atom. The van der Waals surface area contributed by atoms with Gasteiger partial charge in [-0.15, -0.1) is 0 Å². The van der Waals surface area contributed by atoms with Gasteiger partial charge in [0, 0.05) is 13.3 Å². The molecule has 0 bridgehead atoms. The zero-order valence-electron chi connectivity index (χ0n) is 7.55. The largest absolute Gasteiger partial charge is 0.464 e. The van der Waals surface area contributed by atoms with Gasteiger partial charge >= 0.3 is 5.97 Å². The highest BCUT2D eigenvalue weighted by Gasteiger charge is 1.97. The van der Waals surface area contributed by atoms with Gasteiger partial charge in [0.1, 0.15) is 6.61 Å². The standard InChI is InChI=1S/C8H15NO3/c1-3-4-8(11)9-5-6-12-7(2)10/h3-6H2,1-2H3,(H,9,11). The predicted octanol–water partition coefficient (Wildman–Crippen LogP) is 0.466. The minimum absolute atomic E-state index is 0.00431. The molecule has 70 valence electrons. The first-order valence-electron chi connectivity index (χ1n) is 4.07. The Labute approximate surface area is 72.3 Å². The van der Waals surface area contributed by atoms with Gasteiger partial charge in [0.25, 0.3) is 0 Å². The van der Waals surface area contributed by atoms with E-state index in [0.717, 1.165) is 6.42 Å². The number of amides is 1. The van der Waals surface area contributed by atoms with Gasteiger partial charge in [0.2, 0.25) is 5.91 Å². The van der Waals surface area contributed by atoms with Crippen LogP contribution in [0.3, 0.4) is 0 Å². The fourth-order valence-corrected chi connectivity index (χ4v) is 0.701. The maximum Gasteiger partial charge on any atom is 0.302 e. The average Bonchev–Trinajstić information content (AvgIpc) is 1.98. The smallest absolute Gasteiger partial charge is 0.302 e. The first kappa shape index (κ1) is 10.9. The summed E-state index contributed by atoms with van der Waals surface area (Å²) < 4.78 is 4.62. The summed E-state index contributed by atoms with van der Waals surface area (Å²) in [4.78, 5) is 21.1. The van der Waals surface area contributed by atoms with E-state index in [0.29, 0.717) is 13.0 Å². The zero-order valence-corrected chi connectivity index (χ0v) is 7.55. The molecule has 0 saturated carbocycles. The second-order valence-corrected chi connectivity index (χ2v) is 2.44. The summed E-state index contributed by atoms with van der Waals surface area (Å²) in [5.41, 5.74) is 0. The minimum atomic E-state index is -0.320. The Bertz CT molecular complexity index is 156. The molecule has 0 rings (SSSR count). The van der Waals surface area contributed by atoms with Crippen molar-refractivity contribution in [3.05, 3.63) is 0 Å². The van der Waals surface area contributed by atoms with Crippen LogP contribution in [-0.4, -0.2) is 25.0 Å². The molecule has 0 aliphatic rings. The van der Waals surface area contributed by atoms with Gasteiger partial charge in [0.05, 0.1) is 6.54 Å². The third-order valence-electron chi connectivity index (χ3n) is 1.21. The topological polar surface area (TPSA) is 55.4 Å². The molecule has 4 heteroatoms. The Hall–Kier alpha value is -1.06. The van der Waals surface area contributed by atoms with Crippen LogP contribution in [0.5, 0.6) is 0 Å². The molecular weight excluding hydrogens is 158 g/mol. The Morgan fingerprint density at radius 3 is 2.58 bits per heavy atom. The third-order valence-corrected chi connectivity index (χ3v) is 1.21. The molecule has 0 aromatic heterocycles. The fourth-order valence-electron chi connectivity index (χ4n) is 0.701. The maximum absolute atomic E-state index is 10.8. The van der Waals surface area contributed by atoms with Crippen molar-refractivity contribution < 1.29 is 14.3 Å². The van der Waals surface area contributed by atoms with Crippen molar-refractivity contribution in [2.45, 2.75) is 26.7 Å². The number of ether oxygens (including phenoxy) is 1. The van der Waals surface area contributed by atoms with Crippen LogP contribution >= 0.6 is 0 Å². The highest BCUT2D eigenvalue weighted by Crippen LogP contribution is 1.84. The molecule has 12 heavy (non-hydrogen) atoms. The summed E-state index contributed by atoms with van der Waals surface area (Å²) in [7, 11) is 0. The van der Waals surface area contributed by atoms with Gasteiger partial charge < -0.3 is 10.1 Å². The number of hydrogen-bond acceptors (Lipinski definition) is 3. The summed E-state index contributed by atoms with van der Waals surface area (Å²) >= 11 is 0. The van der Waals surface area contributed by atoms with Gasteiger partial charge in [-0.05, 0) is 6.42 Å². The van der Waals surface area contributed by atoms with E-state index in [1.165, 1.54) is 6.92 Å². The summed E-state index contributed by atoms with van der Waals surface area (Å²) in [6.45, 7) is 3.93. The van der Waals surface area contributed by atoms with Crippen LogP contribution in [0.15, 0.2) is 0 Å². The molecule has 1 N–H and O–H groups in total. The van der Waals surface area contributed by atoms with E-state index in [1.54, 1.807) is 0 Å². The molecule has 0 heterocycles.